The van der Waals surface area contributed by atoms with Crippen molar-refractivity contribution in [2.75, 3.05) is 13.1 Å². The zero-order valence-corrected chi connectivity index (χ0v) is 14.5. The smallest absolute Gasteiger partial charge is 0.246 e. The van der Waals surface area contributed by atoms with E-state index < -0.39 is 0 Å². The number of carbonyl (C=O) groups is 2. The largest absolute Gasteiger partial charge is 0.358 e. The number of amides is 2. The van der Waals surface area contributed by atoms with E-state index in [0.29, 0.717) is 13.1 Å². The molecular formula is C20H23N3O2. The number of carbonyl (C=O) groups excluding carboxylic acids is 2. The molecule has 130 valence electrons. The number of fused-ring (bicyclic) bond motifs is 3. The number of aromatic amines is 1. The minimum absolute atomic E-state index is 0.0672. The average molecular weight is 337 g/mol. The summed E-state index contributed by atoms with van der Waals surface area (Å²) < 4.78 is 0. The summed E-state index contributed by atoms with van der Waals surface area (Å²) in [6.07, 6.45) is 4.08. The Bertz CT molecular complexity index is 861. The topological polar surface area (TPSA) is 65.2 Å². The predicted octanol–water partition coefficient (Wildman–Crippen LogP) is 2.09. The zero-order valence-electron chi connectivity index (χ0n) is 14.5. The maximum Gasteiger partial charge on any atom is 0.246 e. The third-order valence-corrected chi connectivity index (χ3v) is 5.43. The van der Waals surface area contributed by atoms with E-state index in [-0.39, 0.29) is 23.8 Å². The van der Waals surface area contributed by atoms with Gasteiger partial charge in [-0.25, -0.2) is 0 Å². The van der Waals surface area contributed by atoms with Gasteiger partial charge in [-0.05, 0) is 50.0 Å². The van der Waals surface area contributed by atoms with Gasteiger partial charge in [0, 0.05) is 35.7 Å². The van der Waals surface area contributed by atoms with Crippen LogP contribution in [0.1, 0.15) is 23.2 Å². The normalized spacial score (nSPS) is 20.0. The first-order chi connectivity index (χ1) is 12.0. The van der Waals surface area contributed by atoms with Gasteiger partial charge in [0.2, 0.25) is 11.8 Å². The van der Waals surface area contributed by atoms with E-state index in [1.807, 2.05) is 0 Å². The minimum atomic E-state index is -0.0967. The van der Waals surface area contributed by atoms with Crippen LogP contribution in [-0.4, -0.2) is 40.8 Å². The molecule has 0 saturated carbocycles. The first-order valence-corrected chi connectivity index (χ1v) is 8.87. The standard InChI is InChI=1S/C20H23N3O2/c1-3-19(24)23-10-13(11-23)20(25)21-14-5-7-18-16(9-14)15-8-12(2)4-6-17(15)22-18/h3-4,6,8,13-14,22H,1,5,7,9-11H2,2H3,(H,21,25). The molecule has 1 aliphatic heterocycles. The van der Waals surface area contributed by atoms with Gasteiger partial charge in [0.15, 0.2) is 0 Å². The highest BCUT2D eigenvalue weighted by molar-refractivity contribution is 5.90. The number of rotatable bonds is 3. The molecule has 1 fully saturated rings. The summed E-state index contributed by atoms with van der Waals surface area (Å²) in [4.78, 5) is 29.1. The number of aromatic nitrogens is 1. The Balaban J connectivity index is 1.42. The highest BCUT2D eigenvalue weighted by Crippen LogP contribution is 2.30. The summed E-state index contributed by atoms with van der Waals surface area (Å²) in [5.74, 6) is -0.117. The molecule has 1 aliphatic carbocycles. The van der Waals surface area contributed by atoms with Crippen molar-refractivity contribution in [2.24, 2.45) is 5.92 Å². The maximum absolute atomic E-state index is 12.4. The number of benzene rings is 1. The second kappa shape index (κ2) is 6.06. The van der Waals surface area contributed by atoms with Gasteiger partial charge in [0.05, 0.1) is 5.92 Å². The minimum Gasteiger partial charge on any atom is -0.358 e. The highest BCUT2D eigenvalue weighted by Gasteiger charge is 2.36. The van der Waals surface area contributed by atoms with E-state index in [2.05, 4.69) is 42.0 Å². The van der Waals surface area contributed by atoms with Crippen LogP contribution in [0, 0.1) is 12.8 Å². The van der Waals surface area contributed by atoms with Crippen LogP contribution in [0.15, 0.2) is 30.9 Å². The van der Waals surface area contributed by atoms with Crippen molar-refractivity contribution in [3.05, 3.63) is 47.7 Å². The Labute approximate surface area is 147 Å². The molecule has 5 heteroatoms. The van der Waals surface area contributed by atoms with Crippen LogP contribution in [0.2, 0.25) is 0 Å². The third-order valence-electron chi connectivity index (χ3n) is 5.43. The fraction of sp³-hybridized carbons (Fsp3) is 0.400. The summed E-state index contributed by atoms with van der Waals surface area (Å²) in [5, 5.41) is 4.47. The molecule has 2 N–H and O–H groups in total. The van der Waals surface area contributed by atoms with E-state index in [0.717, 1.165) is 19.3 Å². The first-order valence-electron chi connectivity index (χ1n) is 8.87. The van der Waals surface area contributed by atoms with Crippen molar-refractivity contribution < 1.29 is 9.59 Å². The van der Waals surface area contributed by atoms with Crippen molar-refractivity contribution in [1.82, 2.24) is 15.2 Å². The van der Waals surface area contributed by atoms with Crippen molar-refractivity contribution in [3.8, 4) is 0 Å². The highest BCUT2D eigenvalue weighted by atomic mass is 16.2. The number of aryl methyl sites for hydroxylation is 2. The zero-order chi connectivity index (χ0) is 17.6. The first kappa shape index (κ1) is 15.9. The molecule has 25 heavy (non-hydrogen) atoms. The summed E-state index contributed by atoms with van der Waals surface area (Å²) in [6, 6.07) is 6.65. The lowest BCUT2D eigenvalue weighted by molar-refractivity contribution is -0.139. The monoisotopic (exact) mass is 337 g/mol. The van der Waals surface area contributed by atoms with Gasteiger partial charge in [-0.2, -0.15) is 0 Å². The SMILES string of the molecule is C=CC(=O)N1CC(C(=O)NC2CCc3[nH]c4ccc(C)cc4c3C2)C1. The molecule has 1 atom stereocenters. The molecule has 0 radical (unpaired) electrons. The number of likely N-dealkylation sites (tertiary alicyclic amines) is 1. The number of H-pyrrole nitrogens is 1. The lowest BCUT2D eigenvalue weighted by Crippen LogP contribution is -2.56. The molecule has 1 saturated heterocycles. The molecule has 5 nitrogen and oxygen atoms in total. The molecule has 2 aliphatic rings. The second-order valence-corrected chi connectivity index (χ2v) is 7.22. The Morgan fingerprint density at radius 3 is 2.92 bits per heavy atom. The van der Waals surface area contributed by atoms with Crippen molar-refractivity contribution in [1.29, 1.82) is 0 Å². The van der Waals surface area contributed by atoms with Crippen molar-refractivity contribution in [3.63, 3.8) is 0 Å². The summed E-state index contributed by atoms with van der Waals surface area (Å²) in [6.45, 7) is 6.59. The molecule has 1 aromatic carbocycles. The van der Waals surface area contributed by atoms with Crippen LogP contribution >= 0.6 is 0 Å². The lowest BCUT2D eigenvalue weighted by atomic mass is 9.90. The number of hydrogen-bond donors (Lipinski definition) is 2. The molecule has 4 rings (SSSR count). The van der Waals surface area contributed by atoms with Crippen LogP contribution in [0.3, 0.4) is 0 Å². The Morgan fingerprint density at radius 2 is 2.16 bits per heavy atom. The van der Waals surface area contributed by atoms with E-state index >= 15 is 0 Å². The van der Waals surface area contributed by atoms with Crippen LogP contribution in [-0.2, 0) is 22.4 Å². The average Bonchev–Trinajstić information content (AvgIpc) is 2.90. The van der Waals surface area contributed by atoms with Gasteiger partial charge < -0.3 is 15.2 Å². The van der Waals surface area contributed by atoms with Gasteiger partial charge in [0.25, 0.3) is 0 Å². The number of nitrogens with zero attached hydrogens (tertiary/aromatic N) is 1. The molecule has 1 aromatic heterocycles. The van der Waals surface area contributed by atoms with Crippen LogP contribution < -0.4 is 5.32 Å². The molecule has 0 bridgehead atoms. The molecular weight excluding hydrogens is 314 g/mol. The molecule has 1 unspecified atom stereocenters. The Kier molecular flexibility index (Phi) is 3.86. The summed E-state index contributed by atoms with van der Waals surface area (Å²) >= 11 is 0. The summed E-state index contributed by atoms with van der Waals surface area (Å²) in [5.41, 5.74) is 5.08. The van der Waals surface area contributed by atoms with E-state index in [1.54, 1.807) is 4.90 Å². The molecule has 0 spiro atoms. The number of nitrogens with one attached hydrogen (secondary N) is 2. The second-order valence-electron chi connectivity index (χ2n) is 7.22. The summed E-state index contributed by atoms with van der Waals surface area (Å²) in [7, 11) is 0. The Hall–Kier alpha value is -2.56. The lowest BCUT2D eigenvalue weighted by Gasteiger charge is -2.38. The molecule has 2 heterocycles. The van der Waals surface area contributed by atoms with E-state index in [9.17, 15) is 9.59 Å². The fourth-order valence-corrected chi connectivity index (χ4v) is 3.93. The van der Waals surface area contributed by atoms with Gasteiger partial charge in [-0.1, -0.05) is 18.2 Å². The molecule has 2 aromatic rings. The van der Waals surface area contributed by atoms with Crippen LogP contribution in [0.5, 0.6) is 0 Å². The van der Waals surface area contributed by atoms with Crippen LogP contribution in [0.25, 0.3) is 10.9 Å². The number of hydrogen-bond acceptors (Lipinski definition) is 2. The molecule has 2 amide bonds. The fourth-order valence-electron chi connectivity index (χ4n) is 3.93. The Morgan fingerprint density at radius 1 is 1.36 bits per heavy atom. The van der Waals surface area contributed by atoms with Gasteiger partial charge >= 0.3 is 0 Å². The van der Waals surface area contributed by atoms with Crippen molar-refractivity contribution in [2.45, 2.75) is 32.2 Å². The van der Waals surface area contributed by atoms with Crippen molar-refractivity contribution >= 4 is 22.7 Å². The predicted molar refractivity (Wildman–Crippen MR) is 97.3 cm³/mol. The quantitative estimate of drug-likeness (QED) is 0.843. The van der Waals surface area contributed by atoms with E-state index in [4.69, 9.17) is 0 Å². The van der Waals surface area contributed by atoms with Gasteiger partial charge in [-0.3, -0.25) is 9.59 Å². The van der Waals surface area contributed by atoms with E-state index in [1.165, 1.54) is 33.8 Å². The third kappa shape index (κ3) is 2.84. The van der Waals surface area contributed by atoms with Crippen LogP contribution in [0.4, 0.5) is 0 Å². The van der Waals surface area contributed by atoms with Gasteiger partial charge in [0.1, 0.15) is 0 Å². The van der Waals surface area contributed by atoms with Gasteiger partial charge in [-0.15, -0.1) is 0 Å². The maximum atomic E-state index is 12.4.